The molecule has 2 aromatic carbocycles. The molecule has 0 heterocycles. The molecule has 0 aliphatic heterocycles. The zero-order valence-electron chi connectivity index (χ0n) is 13.9. The lowest BCUT2D eigenvalue weighted by Gasteiger charge is -2.35. The van der Waals surface area contributed by atoms with Gasteiger partial charge < -0.3 is 9.47 Å². The fourth-order valence-corrected chi connectivity index (χ4v) is 3.85. The van der Waals surface area contributed by atoms with Gasteiger partial charge in [-0.1, -0.05) is 24.3 Å². The molecule has 0 spiro atoms. The maximum atomic E-state index is 12.1. The monoisotopic (exact) mass is 346 g/mol. The molecule has 2 nitrogen and oxygen atoms in total. The van der Waals surface area contributed by atoms with Crippen molar-refractivity contribution in [1.82, 2.24) is 0 Å². The molecule has 3 rings (SSSR count). The topological polar surface area (TPSA) is 18.5 Å². The molecule has 0 aromatic heterocycles. The van der Waals surface area contributed by atoms with Crippen LogP contribution in [0.1, 0.15) is 29.9 Å². The molecule has 4 heteroatoms. The van der Waals surface area contributed by atoms with Crippen LogP contribution in [0.5, 0.6) is 5.75 Å². The van der Waals surface area contributed by atoms with Crippen LogP contribution >= 0.6 is 11.8 Å². The number of alkyl halides is 1. The third-order valence-corrected chi connectivity index (χ3v) is 5.48. The number of hydrogen-bond donors (Lipinski definition) is 0. The Morgan fingerprint density at radius 1 is 1.12 bits per heavy atom. The predicted molar refractivity (Wildman–Crippen MR) is 96.7 cm³/mol. The van der Waals surface area contributed by atoms with E-state index in [0.717, 1.165) is 24.3 Å². The first-order valence-corrected chi connectivity index (χ1v) is 9.30. The van der Waals surface area contributed by atoms with E-state index >= 15 is 0 Å². The summed E-state index contributed by atoms with van der Waals surface area (Å²) in [5.74, 6) is 2.39. The number of thioether (sulfide) groups is 1. The van der Waals surface area contributed by atoms with E-state index in [1.54, 1.807) is 7.11 Å². The average molecular weight is 346 g/mol. The van der Waals surface area contributed by atoms with Crippen molar-refractivity contribution < 1.29 is 13.9 Å². The highest BCUT2D eigenvalue weighted by Gasteiger charge is 2.30. The van der Waals surface area contributed by atoms with Gasteiger partial charge in [0, 0.05) is 10.6 Å². The van der Waals surface area contributed by atoms with Gasteiger partial charge in [0.25, 0.3) is 0 Å². The summed E-state index contributed by atoms with van der Waals surface area (Å²) in [6, 6.07) is 17.0. The summed E-state index contributed by atoms with van der Waals surface area (Å²) < 4.78 is 22.8. The van der Waals surface area contributed by atoms with E-state index in [0.29, 0.717) is 5.92 Å². The second-order valence-corrected chi connectivity index (χ2v) is 7.11. The first kappa shape index (κ1) is 17.3. The van der Waals surface area contributed by atoms with E-state index in [-0.39, 0.29) is 12.7 Å². The van der Waals surface area contributed by atoms with E-state index in [1.165, 1.54) is 16.0 Å². The minimum atomic E-state index is -0.390. The van der Waals surface area contributed by atoms with Gasteiger partial charge in [-0.05, 0) is 54.2 Å². The van der Waals surface area contributed by atoms with Crippen molar-refractivity contribution in [2.24, 2.45) is 0 Å². The number of methoxy groups -OCH3 is 1. The number of halogens is 1. The van der Waals surface area contributed by atoms with Gasteiger partial charge in [-0.15, -0.1) is 11.8 Å². The number of ether oxygens (including phenoxy) is 2. The largest absolute Gasteiger partial charge is 0.497 e. The summed E-state index contributed by atoms with van der Waals surface area (Å²) in [4.78, 5) is 1.29. The smallest absolute Gasteiger partial charge is 0.118 e. The van der Waals surface area contributed by atoms with Gasteiger partial charge >= 0.3 is 0 Å². The zero-order valence-corrected chi connectivity index (χ0v) is 14.7. The van der Waals surface area contributed by atoms with Crippen molar-refractivity contribution in [3.63, 3.8) is 0 Å². The minimum Gasteiger partial charge on any atom is -0.497 e. The molecule has 2 aromatic rings. The summed E-state index contributed by atoms with van der Waals surface area (Å²) >= 11 is 1.85. The van der Waals surface area contributed by atoms with Crippen LogP contribution in [0.2, 0.25) is 0 Å². The van der Waals surface area contributed by atoms with Crippen molar-refractivity contribution in [1.29, 1.82) is 0 Å². The van der Waals surface area contributed by atoms with E-state index in [1.807, 2.05) is 23.9 Å². The molecular weight excluding hydrogens is 323 g/mol. The Morgan fingerprint density at radius 3 is 2.62 bits per heavy atom. The zero-order chi connectivity index (χ0) is 16.8. The summed E-state index contributed by atoms with van der Waals surface area (Å²) in [5.41, 5.74) is 2.66. The SMILES string of the molecule is COc1ccc(CSc2cccc([C@H]3C[C@H](OCCF)C3)c2)cc1. The third kappa shape index (κ3) is 4.52. The highest BCUT2D eigenvalue weighted by molar-refractivity contribution is 7.98. The molecule has 0 radical (unpaired) electrons. The quantitative estimate of drug-likeness (QED) is 0.611. The van der Waals surface area contributed by atoms with Crippen LogP contribution in [0.3, 0.4) is 0 Å². The maximum Gasteiger partial charge on any atom is 0.118 e. The molecule has 0 bridgehead atoms. The van der Waals surface area contributed by atoms with Gasteiger partial charge in [0.15, 0.2) is 0 Å². The van der Waals surface area contributed by atoms with E-state index < -0.39 is 6.67 Å². The van der Waals surface area contributed by atoms with E-state index in [2.05, 4.69) is 36.4 Å². The van der Waals surface area contributed by atoms with Gasteiger partial charge in [0.1, 0.15) is 12.4 Å². The molecule has 1 aliphatic rings. The second-order valence-electron chi connectivity index (χ2n) is 6.06. The summed E-state index contributed by atoms with van der Waals surface area (Å²) in [5, 5.41) is 0. The third-order valence-electron chi connectivity index (χ3n) is 4.42. The maximum absolute atomic E-state index is 12.1. The van der Waals surface area contributed by atoms with Crippen LogP contribution in [0.25, 0.3) is 0 Å². The first-order chi connectivity index (χ1) is 11.8. The molecule has 128 valence electrons. The molecular formula is C20H23FO2S. The van der Waals surface area contributed by atoms with E-state index in [4.69, 9.17) is 9.47 Å². The lowest BCUT2D eigenvalue weighted by Crippen LogP contribution is -2.30. The number of hydrogen-bond acceptors (Lipinski definition) is 3. The van der Waals surface area contributed by atoms with Crippen LogP contribution in [0, 0.1) is 0 Å². The average Bonchev–Trinajstić information content (AvgIpc) is 2.59. The molecule has 0 amide bonds. The fraction of sp³-hybridized carbons (Fsp3) is 0.400. The van der Waals surface area contributed by atoms with Gasteiger partial charge in [-0.2, -0.15) is 0 Å². The summed E-state index contributed by atoms with van der Waals surface area (Å²) in [6.45, 7) is -0.159. The standard InChI is InChI=1S/C20H23FO2S/c1-22-18-7-5-15(6-8-18)14-24-20-4-2-3-16(13-20)17-11-19(12-17)23-10-9-21/h2-8,13,17,19H,9-12,14H2,1H3/t17-,19-. The molecule has 0 unspecified atom stereocenters. The van der Waals surface area contributed by atoms with Crippen molar-refractivity contribution in [3.05, 3.63) is 59.7 Å². The fourth-order valence-electron chi connectivity index (χ4n) is 2.93. The Hall–Kier alpha value is -1.52. The predicted octanol–water partition coefficient (Wildman–Crippen LogP) is 5.22. The van der Waals surface area contributed by atoms with Crippen LogP contribution < -0.4 is 4.74 Å². The Bertz CT molecular complexity index is 638. The van der Waals surface area contributed by atoms with Gasteiger partial charge in [-0.3, -0.25) is 0 Å². The van der Waals surface area contributed by atoms with Gasteiger partial charge in [0.05, 0.1) is 19.8 Å². The van der Waals surface area contributed by atoms with Crippen LogP contribution in [-0.2, 0) is 10.5 Å². The highest BCUT2D eigenvalue weighted by Crippen LogP contribution is 2.40. The van der Waals surface area contributed by atoms with Crippen LogP contribution in [0.15, 0.2) is 53.4 Å². The number of benzene rings is 2. The Labute approximate surface area is 147 Å². The molecule has 0 saturated heterocycles. The lowest BCUT2D eigenvalue weighted by atomic mass is 9.77. The molecule has 0 N–H and O–H groups in total. The van der Waals surface area contributed by atoms with E-state index in [9.17, 15) is 4.39 Å². The molecule has 1 aliphatic carbocycles. The second kappa shape index (κ2) is 8.54. The first-order valence-electron chi connectivity index (χ1n) is 8.31. The summed E-state index contributed by atoms with van der Waals surface area (Å²) in [6.07, 6.45) is 2.25. The van der Waals surface area contributed by atoms with Gasteiger partial charge in [0.2, 0.25) is 0 Å². The molecule has 1 saturated carbocycles. The molecule has 0 atom stereocenters. The Kier molecular flexibility index (Phi) is 6.16. The van der Waals surface area contributed by atoms with Crippen molar-refractivity contribution in [2.75, 3.05) is 20.4 Å². The highest BCUT2D eigenvalue weighted by atomic mass is 32.2. The molecule has 24 heavy (non-hydrogen) atoms. The molecule has 1 fully saturated rings. The van der Waals surface area contributed by atoms with Crippen LogP contribution in [-0.4, -0.2) is 26.5 Å². The van der Waals surface area contributed by atoms with Crippen LogP contribution in [0.4, 0.5) is 4.39 Å². The number of rotatable bonds is 8. The van der Waals surface area contributed by atoms with Crippen molar-refractivity contribution in [3.8, 4) is 5.75 Å². The normalized spacial score (nSPS) is 19.8. The lowest BCUT2D eigenvalue weighted by molar-refractivity contribution is -0.0153. The van der Waals surface area contributed by atoms with Gasteiger partial charge in [-0.25, -0.2) is 4.39 Å². The Balaban J connectivity index is 1.52. The van der Waals surface area contributed by atoms with Crippen molar-refractivity contribution in [2.45, 2.75) is 35.5 Å². The Morgan fingerprint density at radius 2 is 1.92 bits per heavy atom. The van der Waals surface area contributed by atoms with Crippen molar-refractivity contribution >= 4 is 11.8 Å². The minimum absolute atomic E-state index is 0.231. The summed E-state index contributed by atoms with van der Waals surface area (Å²) in [7, 11) is 1.68.